The van der Waals surface area contributed by atoms with Gasteiger partial charge in [-0.25, -0.2) is 0 Å². The first-order chi connectivity index (χ1) is 9.36. The van der Waals surface area contributed by atoms with E-state index in [4.69, 9.17) is 4.74 Å². The van der Waals surface area contributed by atoms with Crippen LogP contribution in [0.1, 0.15) is 25.2 Å². The van der Waals surface area contributed by atoms with Crippen LogP contribution in [0, 0.1) is 13.8 Å². The van der Waals surface area contributed by atoms with E-state index < -0.39 is 0 Å². The fraction of sp³-hybridized carbons (Fsp3) is 0.714. The molecule has 1 aliphatic heterocycles. The molecule has 0 radical (unpaired) electrons. The monoisotopic (exact) mass is 280 g/mol. The Balaban J connectivity index is 1.95. The number of ether oxygens (including phenoxy) is 1. The second-order valence-corrected chi connectivity index (χ2v) is 5.67. The minimum atomic E-state index is 0.00509. The normalized spacial score (nSPS) is 23.9. The average Bonchev–Trinajstić information content (AvgIpc) is 2.54. The molecule has 0 aromatic carbocycles. The maximum absolute atomic E-state index is 12.2. The van der Waals surface area contributed by atoms with Gasteiger partial charge in [-0.3, -0.25) is 14.4 Å². The highest BCUT2D eigenvalue weighted by Gasteiger charge is 2.24. The van der Waals surface area contributed by atoms with Crippen molar-refractivity contribution in [3.05, 3.63) is 11.4 Å². The van der Waals surface area contributed by atoms with Gasteiger partial charge in [0.2, 0.25) is 5.91 Å². The van der Waals surface area contributed by atoms with Crippen molar-refractivity contribution < 1.29 is 9.53 Å². The number of nitrogens with zero attached hydrogens (tertiary/aromatic N) is 3. The summed E-state index contributed by atoms with van der Waals surface area (Å²) in [7, 11) is 1.88. The first-order valence-electron chi connectivity index (χ1n) is 7.04. The smallest absolute Gasteiger partial charge is 0.238 e. The van der Waals surface area contributed by atoms with Crippen LogP contribution in [0.25, 0.3) is 0 Å². The molecule has 1 N–H and O–H groups in total. The van der Waals surface area contributed by atoms with Crippen molar-refractivity contribution in [1.29, 1.82) is 0 Å². The van der Waals surface area contributed by atoms with Gasteiger partial charge >= 0.3 is 0 Å². The van der Waals surface area contributed by atoms with Crippen molar-refractivity contribution in [1.82, 2.24) is 14.7 Å². The number of morpholine rings is 1. The summed E-state index contributed by atoms with van der Waals surface area (Å²) in [4.78, 5) is 14.3. The molecule has 2 rings (SSSR count). The molecule has 2 heterocycles. The van der Waals surface area contributed by atoms with Crippen molar-refractivity contribution in [2.75, 3.05) is 25.0 Å². The van der Waals surface area contributed by atoms with Crippen molar-refractivity contribution in [2.45, 2.75) is 39.9 Å². The number of carbonyl (C=O) groups is 1. The van der Waals surface area contributed by atoms with Crippen LogP contribution < -0.4 is 5.32 Å². The number of anilines is 1. The van der Waals surface area contributed by atoms with Crippen LogP contribution in [0.15, 0.2) is 0 Å². The largest absolute Gasteiger partial charge is 0.373 e. The molecule has 112 valence electrons. The summed E-state index contributed by atoms with van der Waals surface area (Å²) >= 11 is 0. The summed E-state index contributed by atoms with van der Waals surface area (Å²) in [6.07, 6.45) is 0.349. The van der Waals surface area contributed by atoms with Crippen molar-refractivity contribution in [3.63, 3.8) is 0 Å². The second-order valence-electron chi connectivity index (χ2n) is 5.67. The zero-order valence-electron chi connectivity index (χ0n) is 12.9. The lowest BCUT2D eigenvalue weighted by Gasteiger charge is -2.34. The van der Waals surface area contributed by atoms with Crippen molar-refractivity contribution in [2.24, 2.45) is 7.05 Å². The number of aryl methyl sites for hydroxylation is 2. The third-order valence-electron chi connectivity index (χ3n) is 3.64. The molecule has 20 heavy (non-hydrogen) atoms. The number of hydrogen-bond acceptors (Lipinski definition) is 4. The first kappa shape index (κ1) is 15.0. The number of carbonyl (C=O) groups excluding carboxylic acids is 1. The van der Waals surface area contributed by atoms with Crippen LogP contribution in [-0.2, 0) is 16.6 Å². The molecule has 1 aromatic heterocycles. The Labute approximate surface area is 120 Å². The van der Waals surface area contributed by atoms with Gasteiger partial charge in [0.1, 0.15) is 0 Å². The third kappa shape index (κ3) is 3.37. The van der Waals surface area contributed by atoms with E-state index in [9.17, 15) is 4.79 Å². The van der Waals surface area contributed by atoms with E-state index in [2.05, 4.69) is 15.3 Å². The zero-order valence-corrected chi connectivity index (χ0v) is 12.9. The first-order valence-corrected chi connectivity index (χ1v) is 7.04. The summed E-state index contributed by atoms with van der Waals surface area (Å²) in [6.45, 7) is 9.92. The molecule has 6 heteroatoms. The Hall–Kier alpha value is -1.40. The fourth-order valence-corrected chi connectivity index (χ4v) is 2.75. The number of aromatic nitrogens is 2. The van der Waals surface area contributed by atoms with E-state index >= 15 is 0 Å². The van der Waals surface area contributed by atoms with Gasteiger partial charge in [0, 0.05) is 20.1 Å². The van der Waals surface area contributed by atoms with Gasteiger partial charge in [0.25, 0.3) is 0 Å². The lowest BCUT2D eigenvalue weighted by atomic mass is 10.2. The Morgan fingerprint density at radius 1 is 1.35 bits per heavy atom. The molecule has 0 bridgehead atoms. The summed E-state index contributed by atoms with van der Waals surface area (Å²) in [5.74, 6) is 0.00509. The molecule has 2 unspecified atom stereocenters. The van der Waals surface area contributed by atoms with Crippen LogP contribution in [0.4, 0.5) is 5.69 Å². The van der Waals surface area contributed by atoms with Crippen molar-refractivity contribution in [3.8, 4) is 0 Å². The van der Waals surface area contributed by atoms with Gasteiger partial charge in [0.05, 0.1) is 35.8 Å². The number of nitrogens with one attached hydrogen (secondary N) is 1. The highest BCUT2D eigenvalue weighted by molar-refractivity contribution is 5.93. The number of rotatable bonds is 3. The van der Waals surface area contributed by atoms with Crippen LogP contribution >= 0.6 is 0 Å². The number of amides is 1. The van der Waals surface area contributed by atoms with Gasteiger partial charge in [0.15, 0.2) is 0 Å². The predicted molar refractivity (Wildman–Crippen MR) is 77.8 cm³/mol. The van der Waals surface area contributed by atoms with E-state index in [0.717, 1.165) is 30.2 Å². The minimum Gasteiger partial charge on any atom is -0.373 e. The average molecular weight is 280 g/mol. The van der Waals surface area contributed by atoms with E-state index in [0.29, 0.717) is 6.54 Å². The Kier molecular flexibility index (Phi) is 4.45. The lowest BCUT2D eigenvalue weighted by Crippen LogP contribution is -2.48. The highest BCUT2D eigenvalue weighted by atomic mass is 16.5. The van der Waals surface area contributed by atoms with E-state index in [1.54, 1.807) is 4.68 Å². The standard InChI is InChI=1S/C14H24N4O2/c1-9-6-18(7-10(2)20-9)8-13(19)15-14-11(3)16-17(5)12(14)4/h9-10H,6-8H2,1-5H3,(H,15,19). The maximum Gasteiger partial charge on any atom is 0.238 e. The molecule has 1 amide bonds. The molecule has 0 aliphatic carbocycles. The molecule has 1 fully saturated rings. The summed E-state index contributed by atoms with van der Waals surface area (Å²) in [5.41, 5.74) is 2.65. The van der Waals surface area contributed by atoms with Crippen LogP contribution in [0.3, 0.4) is 0 Å². The molecule has 6 nitrogen and oxygen atoms in total. The predicted octanol–water partition coefficient (Wildman–Crippen LogP) is 1.08. The Bertz CT molecular complexity index is 488. The lowest BCUT2D eigenvalue weighted by molar-refractivity contribution is -0.121. The molecule has 2 atom stereocenters. The third-order valence-corrected chi connectivity index (χ3v) is 3.64. The zero-order chi connectivity index (χ0) is 14.9. The summed E-state index contributed by atoms with van der Waals surface area (Å²) in [6, 6.07) is 0. The van der Waals surface area contributed by atoms with Crippen LogP contribution in [-0.4, -0.2) is 52.4 Å². The van der Waals surface area contributed by atoms with Crippen LogP contribution in [0.5, 0.6) is 0 Å². The van der Waals surface area contributed by atoms with Crippen molar-refractivity contribution >= 4 is 11.6 Å². The maximum atomic E-state index is 12.2. The molecule has 1 aromatic rings. The van der Waals surface area contributed by atoms with E-state index in [1.807, 2.05) is 34.7 Å². The van der Waals surface area contributed by atoms with E-state index in [-0.39, 0.29) is 18.1 Å². The van der Waals surface area contributed by atoms with Gasteiger partial charge in [-0.15, -0.1) is 0 Å². The van der Waals surface area contributed by atoms with Gasteiger partial charge < -0.3 is 10.1 Å². The fourth-order valence-electron chi connectivity index (χ4n) is 2.75. The van der Waals surface area contributed by atoms with Gasteiger partial charge in [-0.2, -0.15) is 5.10 Å². The molecular formula is C14H24N4O2. The molecule has 1 aliphatic rings. The molecular weight excluding hydrogens is 256 g/mol. The minimum absolute atomic E-state index is 0.00509. The van der Waals surface area contributed by atoms with Gasteiger partial charge in [-0.1, -0.05) is 0 Å². The quantitative estimate of drug-likeness (QED) is 0.900. The number of hydrogen-bond donors (Lipinski definition) is 1. The molecule has 0 saturated carbocycles. The SMILES string of the molecule is Cc1nn(C)c(C)c1NC(=O)CN1CC(C)OC(C)C1. The van der Waals surface area contributed by atoms with Crippen LogP contribution in [0.2, 0.25) is 0 Å². The summed E-state index contributed by atoms with van der Waals surface area (Å²) in [5, 5.41) is 7.27. The Morgan fingerprint density at radius 3 is 2.45 bits per heavy atom. The summed E-state index contributed by atoms with van der Waals surface area (Å²) < 4.78 is 7.45. The second kappa shape index (κ2) is 5.93. The Morgan fingerprint density at radius 2 is 1.95 bits per heavy atom. The topological polar surface area (TPSA) is 59.4 Å². The molecule has 0 spiro atoms. The molecule has 1 saturated heterocycles. The van der Waals surface area contributed by atoms with Gasteiger partial charge in [-0.05, 0) is 27.7 Å². The van der Waals surface area contributed by atoms with E-state index in [1.165, 1.54) is 0 Å². The highest BCUT2D eigenvalue weighted by Crippen LogP contribution is 2.18.